The number of hydrogen-bond donors (Lipinski definition) is 0. The minimum Gasteiger partial charge on any atom is -0.493 e. The Morgan fingerprint density at radius 2 is 1.85 bits per heavy atom. The number of carbonyl (C=O) groups is 1. The van der Waals surface area contributed by atoms with E-state index in [9.17, 15) is 4.79 Å². The first-order valence-corrected chi connectivity index (χ1v) is 14.6. The number of esters is 1. The van der Waals surface area contributed by atoms with Crippen molar-refractivity contribution in [3.63, 3.8) is 0 Å². The highest BCUT2D eigenvalue weighted by molar-refractivity contribution is 9.08. The maximum atomic E-state index is 12.9. The molecule has 5 nitrogen and oxygen atoms in total. The molecule has 1 aliphatic heterocycles. The lowest BCUT2D eigenvalue weighted by atomic mass is 9.85. The first-order valence-electron chi connectivity index (χ1n) is 13.5. The molecule has 0 unspecified atom stereocenters. The smallest absolute Gasteiger partial charge is 0.311 e. The van der Waals surface area contributed by atoms with Gasteiger partial charge in [-0.2, -0.15) is 0 Å². The van der Waals surface area contributed by atoms with E-state index in [1.165, 1.54) is 5.56 Å². The second-order valence-electron chi connectivity index (χ2n) is 12.1. The van der Waals surface area contributed by atoms with Gasteiger partial charge in [-0.05, 0) is 98.8 Å². The number of ether oxygens (including phenoxy) is 3. The van der Waals surface area contributed by atoms with E-state index in [4.69, 9.17) is 19.2 Å². The zero-order chi connectivity index (χ0) is 27.9. The van der Waals surface area contributed by atoms with Gasteiger partial charge in [-0.3, -0.25) is 9.78 Å². The van der Waals surface area contributed by atoms with Crippen LogP contribution < -0.4 is 4.74 Å². The molecule has 0 fully saturated rings. The summed E-state index contributed by atoms with van der Waals surface area (Å²) in [6.07, 6.45) is 2.24. The third-order valence-corrected chi connectivity index (χ3v) is 7.56. The molecule has 0 saturated heterocycles. The SMILES string of the molecule is CC(C)(C)O[C@H](COC(=O)C(C)(C)C)c1c(CBr)cc2ccccc2c1-c1ccc2c3c(ccnc13)CCO2. The Kier molecular flexibility index (Phi) is 7.47. The van der Waals surface area contributed by atoms with E-state index in [-0.39, 0.29) is 12.6 Å². The molecule has 39 heavy (non-hydrogen) atoms. The molecule has 0 aliphatic carbocycles. The summed E-state index contributed by atoms with van der Waals surface area (Å²) in [6, 6.07) is 16.9. The predicted molar refractivity (Wildman–Crippen MR) is 161 cm³/mol. The van der Waals surface area contributed by atoms with Crippen molar-refractivity contribution in [3.8, 4) is 16.9 Å². The molecular weight excluding hydrogens is 554 g/mol. The van der Waals surface area contributed by atoms with Crippen molar-refractivity contribution in [3.05, 3.63) is 71.4 Å². The Balaban J connectivity index is 1.81. The number of alkyl halides is 1. The molecule has 6 heteroatoms. The largest absolute Gasteiger partial charge is 0.493 e. The number of aromatic nitrogens is 1. The molecular formula is C33H36BrNO4. The van der Waals surface area contributed by atoms with Gasteiger partial charge in [-0.25, -0.2) is 0 Å². The Morgan fingerprint density at radius 1 is 1.08 bits per heavy atom. The Hall–Kier alpha value is -2.96. The van der Waals surface area contributed by atoms with Gasteiger partial charge in [0, 0.05) is 28.9 Å². The topological polar surface area (TPSA) is 57.7 Å². The zero-order valence-corrected chi connectivity index (χ0v) is 25.1. The molecule has 1 atom stereocenters. The molecule has 2 heterocycles. The number of carbonyl (C=O) groups excluding carboxylic acids is 1. The molecule has 0 spiro atoms. The molecule has 1 aromatic heterocycles. The summed E-state index contributed by atoms with van der Waals surface area (Å²) in [5, 5.41) is 3.91. The van der Waals surface area contributed by atoms with Crippen LogP contribution in [0.5, 0.6) is 5.75 Å². The average Bonchev–Trinajstić information content (AvgIpc) is 2.89. The second kappa shape index (κ2) is 10.5. The van der Waals surface area contributed by atoms with E-state index in [0.29, 0.717) is 11.9 Å². The van der Waals surface area contributed by atoms with Gasteiger partial charge in [0.2, 0.25) is 0 Å². The quantitative estimate of drug-likeness (QED) is 0.167. The van der Waals surface area contributed by atoms with Crippen molar-refractivity contribution in [1.82, 2.24) is 4.98 Å². The highest BCUT2D eigenvalue weighted by atomic mass is 79.9. The number of fused-ring (bicyclic) bond motifs is 1. The van der Waals surface area contributed by atoms with Crippen LogP contribution in [-0.2, 0) is 26.0 Å². The fourth-order valence-corrected chi connectivity index (χ4v) is 5.73. The Labute approximate surface area is 239 Å². The lowest BCUT2D eigenvalue weighted by Gasteiger charge is -2.32. The zero-order valence-electron chi connectivity index (χ0n) is 23.6. The summed E-state index contributed by atoms with van der Waals surface area (Å²) in [5.41, 5.74) is 5.21. The minimum atomic E-state index is -0.614. The molecule has 0 N–H and O–H groups in total. The predicted octanol–water partition coefficient (Wildman–Crippen LogP) is 8.33. The lowest BCUT2D eigenvalue weighted by molar-refractivity contribution is -0.162. The Morgan fingerprint density at radius 3 is 2.56 bits per heavy atom. The molecule has 3 aromatic carbocycles. The normalized spacial score (nSPS) is 14.3. The third kappa shape index (κ3) is 5.55. The maximum absolute atomic E-state index is 12.9. The minimum absolute atomic E-state index is 0.108. The molecule has 1 aliphatic rings. The van der Waals surface area contributed by atoms with E-state index in [0.717, 1.165) is 56.1 Å². The number of hydrogen-bond acceptors (Lipinski definition) is 5. The monoisotopic (exact) mass is 589 g/mol. The van der Waals surface area contributed by atoms with Crippen molar-refractivity contribution < 1.29 is 19.0 Å². The van der Waals surface area contributed by atoms with Crippen molar-refractivity contribution in [1.29, 1.82) is 0 Å². The van der Waals surface area contributed by atoms with Crippen LogP contribution in [0.1, 0.15) is 64.3 Å². The van der Waals surface area contributed by atoms with Gasteiger partial charge in [0.15, 0.2) is 0 Å². The molecule has 5 rings (SSSR count). The number of pyridine rings is 1. The number of rotatable bonds is 6. The fraction of sp³-hybridized carbons (Fsp3) is 0.394. The van der Waals surface area contributed by atoms with Gasteiger partial charge in [0.25, 0.3) is 0 Å². The molecule has 204 valence electrons. The standard InChI is InChI=1S/C33H36BrNO4/c1-32(2,3)31(36)38-19-26(39-33(4,5)6)27-22(18-34)17-21-9-7-8-10-23(21)29(27)24-11-12-25-28-20(14-16-37-25)13-15-35-30(24)28/h7-13,15,17,26H,14,16,18-19H2,1-6H3/t26-/m1/s1. The average molecular weight is 591 g/mol. The van der Waals surface area contributed by atoms with Crippen molar-refractivity contribution in [2.24, 2.45) is 5.41 Å². The first kappa shape index (κ1) is 27.6. The van der Waals surface area contributed by atoms with Gasteiger partial charge in [-0.15, -0.1) is 0 Å². The van der Waals surface area contributed by atoms with E-state index in [2.05, 4.69) is 64.5 Å². The Bertz CT molecular complexity index is 1540. The summed E-state index contributed by atoms with van der Waals surface area (Å²) >= 11 is 3.75. The summed E-state index contributed by atoms with van der Waals surface area (Å²) in [5.74, 6) is 0.611. The van der Waals surface area contributed by atoms with Crippen LogP contribution in [0.15, 0.2) is 54.7 Å². The van der Waals surface area contributed by atoms with E-state index >= 15 is 0 Å². The van der Waals surface area contributed by atoms with Gasteiger partial charge in [-0.1, -0.05) is 40.2 Å². The van der Waals surface area contributed by atoms with E-state index in [1.54, 1.807) is 0 Å². The lowest BCUT2D eigenvalue weighted by Crippen LogP contribution is -2.30. The van der Waals surface area contributed by atoms with Gasteiger partial charge in [0.05, 0.1) is 23.1 Å². The summed E-state index contributed by atoms with van der Waals surface area (Å²) in [6.45, 7) is 12.5. The highest BCUT2D eigenvalue weighted by Gasteiger charge is 2.31. The van der Waals surface area contributed by atoms with Crippen molar-refractivity contribution in [2.45, 2.75) is 65.0 Å². The van der Waals surface area contributed by atoms with Crippen LogP contribution in [-0.4, -0.2) is 29.8 Å². The van der Waals surface area contributed by atoms with Crippen LogP contribution >= 0.6 is 15.9 Å². The first-order chi connectivity index (χ1) is 18.5. The van der Waals surface area contributed by atoms with E-state index < -0.39 is 17.1 Å². The summed E-state index contributed by atoms with van der Waals surface area (Å²) in [4.78, 5) is 17.8. The molecule has 0 amide bonds. The fourth-order valence-electron chi connectivity index (χ4n) is 5.26. The number of nitrogens with zero attached hydrogens (tertiary/aromatic N) is 1. The molecule has 4 aromatic rings. The third-order valence-electron chi connectivity index (χ3n) is 6.95. The summed E-state index contributed by atoms with van der Waals surface area (Å²) < 4.78 is 18.6. The van der Waals surface area contributed by atoms with Crippen LogP contribution in [0.2, 0.25) is 0 Å². The van der Waals surface area contributed by atoms with Crippen LogP contribution in [0.25, 0.3) is 32.8 Å². The van der Waals surface area contributed by atoms with Crippen molar-refractivity contribution in [2.75, 3.05) is 13.2 Å². The molecule has 0 saturated carbocycles. The van der Waals surface area contributed by atoms with Gasteiger partial charge < -0.3 is 14.2 Å². The van der Waals surface area contributed by atoms with E-state index in [1.807, 2.05) is 47.7 Å². The van der Waals surface area contributed by atoms with Crippen LogP contribution in [0, 0.1) is 5.41 Å². The maximum Gasteiger partial charge on any atom is 0.311 e. The number of halogens is 1. The van der Waals surface area contributed by atoms with Crippen LogP contribution in [0.4, 0.5) is 0 Å². The molecule has 0 radical (unpaired) electrons. The molecule has 0 bridgehead atoms. The highest BCUT2D eigenvalue weighted by Crippen LogP contribution is 2.45. The number of benzene rings is 3. The van der Waals surface area contributed by atoms with Crippen molar-refractivity contribution >= 4 is 43.6 Å². The van der Waals surface area contributed by atoms with Gasteiger partial charge >= 0.3 is 5.97 Å². The van der Waals surface area contributed by atoms with Gasteiger partial charge in [0.1, 0.15) is 18.5 Å². The second-order valence-corrected chi connectivity index (χ2v) is 12.7. The van der Waals surface area contributed by atoms with Crippen LogP contribution in [0.3, 0.4) is 0 Å². The summed E-state index contributed by atoms with van der Waals surface area (Å²) in [7, 11) is 0.